The van der Waals surface area contributed by atoms with Crippen LogP contribution in [0.5, 0.6) is 11.5 Å². The predicted octanol–water partition coefficient (Wildman–Crippen LogP) is 3.91. The Kier molecular flexibility index (Phi) is 5.88. The highest BCUT2D eigenvalue weighted by Gasteiger charge is 2.10. The van der Waals surface area contributed by atoms with Crippen molar-refractivity contribution in [2.75, 3.05) is 13.7 Å². The number of amides is 1. The Morgan fingerprint density at radius 2 is 1.83 bits per heavy atom. The summed E-state index contributed by atoms with van der Waals surface area (Å²) in [6.45, 7) is 3.77. The minimum atomic E-state index is -0.180. The molecule has 0 aliphatic heterocycles. The number of hydrogen-bond donors (Lipinski definition) is 1. The van der Waals surface area contributed by atoms with Gasteiger partial charge in [0, 0.05) is 5.02 Å². The molecule has 0 saturated carbocycles. The highest BCUT2D eigenvalue weighted by molar-refractivity contribution is 6.31. The SMILES string of the molecule is COc1ccc([C@@H](C)NC(=O)COc2ccc(Cl)c(C)c2)cc1. The van der Waals surface area contributed by atoms with Gasteiger partial charge in [0.05, 0.1) is 13.2 Å². The van der Waals surface area contributed by atoms with E-state index in [9.17, 15) is 4.79 Å². The molecule has 2 rings (SSSR count). The number of methoxy groups -OCH3 is 1. The summed E-state index contributed by atoms with van der Waals surface area (Å²) < 4.78 is 10.6. The number of aryl methyl sites for hydroxylation is 1. The minimum Gasteiger partial charge on any atom is -0.497 e. The van der Waals surface area contributed by atoms with Gasteiger partial charge in [-0.05, 0) is 55.3 Å². The summed E-state index contributed by atoms with van der Waals surface area (Å²) in [5.41, 5.74) is 1.91. The number of benzene rings is 2. The molecule has 0 aliphatic carbocycles. The van der Waals surface area contributed by atoms with Crippen molar-refractivity contribution in [2.24, 2.45) is 0 Å². The Morgan fingerprint density at radius 3 is 2.43 bits per heavy atom. The third-order valence-corrected chi connectivity index (χ3v) is 3.92. The lowest BCUT2D eigenvalue weighted by molar-refractivity contribution is -0.123. The molecule has 4 nitrogen and oxygen atoms in total. The van der Waals surface area contributed by atoms with Gasteiger partial charge >= 0.3 is 0 Å². The largest absolute Gasteiger partial charge is 0.497 e. The molecule has 1 atom stereocenters. The van der Waals surface area contributed by atoms with Gasteiger partial charge in [-0.25, -0.2) is 0 Å². The van der Waals surface area contributed by atoms with Gasteiger partial charge in [-0.3, -0.25) is 4.79 Å². The molecular weight excluding hydrogens is 314 g/mol. The first-order valence-corrected chi connectivity index (χ1v) is 7.69. The van der Waals surface area contributed by atoms with E-state index < -0.39 is 0 Å². The molecule has 122 valence electrons. The summed E-state index contributed by atoms with van der Waals surface area (Å²) in [7, 11) is 1.62. The van der Waals surface area contributed by atoms with E-state index in [2.05, 4.69) is 5.32 Å². The summed E-state index contributed by atoms with van der Waals surface area (Å²) in [6, 6.07) is 12.8. The average molecular weight is 334 g/mol. The van der Waals surface area contributed by atoms with Crippen LogP contribution in [-0.4, -0.2) is 19.6 Å². The van der Waals surface area contributed by atoms with E-state index in [4.69, 9.17) is 21.1 Å². The molecule has 1 amide bonds. The van der Waals surface area contributed by atoms with Crippen molar-refractivity contribution in [1.29, 1.82) is 0 Å². The lowest BCUT2D eigenvalue weighted by Gasteiger charge is -2.15. The molecule has 2 aromatic carbocycles. The molecule has 23 heavy (non-hydrogen) atoms. The van der Waals surface area contributed by atoms with Crippen LogP contribution in [0.25, 0.3) is 0 Å². The van der Waals surface area contributed by atoms with Crippen LogP contribution < -0.4 is 14.8 Å². The summed E-state index contributed by atoms with van der Waals surface area (Å²) in [5, 5.41) is 3.57. The molecule has 0 fully saturated rings. The third kappa shape index (κ3) is 4.89. The zero-order valence-corrected chi connectivity index (χ0v) is 14.2. The number of nitrogens with one attached hydrogen (secondary N) is 1. The Hall–Kier alpha value is -2.20. The van der Waals surface area contributed by atoms with Gasteiger partial charge in [0.25, 0.3) is 5.91 Å². The van der Waals surface area contributed by atoms with E-state index in [1.165, 1.54) is 0 Å². The lowest BCUT2D eigenvalue weighted by atomic mass is 10.1. The van der Waals surface area contributed by atoms with E-state index in [-0.39, 0.29) is 18.6 Å². The first kappa shape index (κ1) is 17.2. The van der Waals surface area contributed by atoms with Crippen LogP contribution in [0.1, 0.15) is 24.1 Å². The van der Waals surface area contributed by atoms with Crippen molar-refractivity contribution >= 4 is 17.5 Å². The van der Waals surface area contributed by atoms with Gasteiger partial charge in [0.1, 0.15) is 11.5 Å². The van der Waals surface area contributed by atoms with Gasteiger partial charge in [0.2, 0.25) is 0 Å². The molecule has 0 bridgehead atoms. The quantitative estimate of drug-likeness (QED) is 0.871. The molecule has 0 saturated heterocycles. The lowest BCUT2D eigenvalue weighted by Crippen LogP contribution is -2.31. The van der Waals surface area contributed by atoms with Crippen molar-refractivity contribution in [2.45, 2.75) is 19.9 Å². The summed E-state index contributed by atoms with van der Waals surface area (Å²) in [4.78, 5) is 12.0. The molecule has 0 spiro atoms. The van der Waals surface area contributed by atoms with Crippen LogP contribution in [0.2, 0.25) is 5.02 Å². The third-order valence-electron chi connectivity index (χ3n) is 3.49. The van der Waals surface area contributed by atoms with E-state index in [0.29, 0.717) is 10.8 Å². The second kappa shape index (κ2) is 7.88. The zero-order valence-electron chi connectivity index (χ0n) is 13.4. The highest BCUT2D eigenvalue weighted by atomic mass is 35.5. The van der Waals surface area contributed by atoms with Gasteiger partial charge in [-0.15, -0.1) is 0 Å². The molecule has 0 unspecified atom stereocenters. The van der Waals surface area contributed by atoms with E-state index in [1.807, 2.05) is 44.2 Å². The number of carbonyl (C=O) groups is 1. The van der Waals surface area contributed by atoms with Crippen LogP contribution in [-0.2, 0) is 4.79 Å². The van der Waals surface area contributed by atoms with Crippen molar-refractivity contribution in [1.82, 2.24) is 5.32 Å². The summed E-state index contributed by atoms with van der Waals surface area (Å²) >= 11 is 5.96. The minimum absolute atomic E-state index is 0.0401. The molecule has 5 heteroatoms. The number of halogens is 1. The Morgan fingerprint density at radius 1 is 1.17 bits per heavy atom. The predicted molar refractivity (Wildman–Crippen MR) is 91.2 cm³/mol. The van der Waals surface area contributed by atoms with Crippen LogP contribution in [0.15, 0.2) is 42.5 Å². The fraction of sp³-hybridized carbons (Fsp3) is 0.278. The first-order valence-electron chi connectivity index (χ1n) is 7.32. The number of carbonyl (C=O) groups excluding carboxylic acids is 1. The Balaban J connectivity index is 1.86. The molecule has 2 aromatic rings. The Labute approximate surface area is 141 Å². The van der Waals surface area contributed by atoms with Crippen molar-refractivity contribution in [3.05, 3.63) is 58.6 Å². The first-order chi connectivity index (χ1) is 11.0. The number of hydrogen-bond acceptors (Lipinski definition) is 3. The van der Waals surface area contributed by atoms with Crippen molar-refractivity contribution in [3.8, 4) is 11.5 Å². The molecule has 0 heterocycles. The standard InChI is InChI=1S/C18H20ClNO3/c1-12-10-16(8-9-17(12)19)23-11-18(21)20-13(2)14-4-6-15(22-3)7-5-14/h4-10,13H,11H2,1-3H3,(H,20,21)/t13-/m1/s1. The van der Waals surface area contributed by atoms with Gasteiger partial charge in [-0.2, -0.15) is 0 Å². The summed E-state index contributed by atoms with van der Waals surface area (Å²) in [5.74, 6) is 1.23. The topological polar surface area (TPSA) is 47.6 Å². The number of ether oxygens (including phenoxy) is 2. The maximum atomic E-state index is 12.0. The smallest absolute Gasteiger partial charge is 0.258 e. The van der Waals surface area contributed by atoms with E-state index in [0.717, 1.165) is 16.9 Å². The fourth-order valence-electron chi connectivity index (χ4n) is 2.11. The normalized spacial score (nSPS) is 11.7. The average Bonchev–Trinajstić information content (AvgIpc) is 2.56. The molecular formula is C18H20ClNO3. The number of rotatable bonds is 6. The van der Waals surface area contributed by atoms with E-state index >= 15 is 0 Å². The maximum absolute atomic E-state index is 12.0. The second-order valence-corrected chi connectivity index (χ2v) is 5.67. The van der Waals surface area contributed by atoms with Gasteiger partial charge in [-0.1, -0.05) is 23.7 Å². The second-order valence-electron chi connectivity index (χ2n) is 5.26. The molecule has 1 N–H and O–H groups in total. The van der Waals surface area contributed by atoms with Crippen molar-refractivity contribution in [3.63, 3.8) is 0 Å². The monoisotopic (exact) mass is 333 g/mol. The summed E-state index contributed by atoms with van der Waals surface area (Å²) in [6.07, 6.45) is 0. The highest BCUT2D eigenvalue weighted by Crippen LogP contribution is 2.21. The zero-order chi connectivity index (χ0) is 16.8. The van der Waals surface area contributed by atoms with Crippen molar-refractivity contribution < 1.29 is 14.3 Å². The van der Waals surface area contributed by atoms with Crippen LogP contribution in [0, 0.1) is 6.92 Å². The molecule has 0 aromatic heterocycles. The van der Waals surface area contributed by atoms with Gasteiger partial charge < -0.3 is 14.8 Å². The maximum Gasteiger partial charge on any atom is 0.258 e. The fourth-order valence-corrected chi connectivity index (χ4v) is 2.23. The Bertz CT molecular complexity index is 670. The van der Waals surface area contributed by atoms with Crippen LogP contribution in [0.4, 0.5) is 0 Å². The van der Waals surface area contributed by atoms with E-state index in [1.54, 1.807) is 19.2 Å². The molecule has 0 radical (unpaired) electrons. The van der Waals surface area contributed by atoms with Crippen LogP contribution in [0.3, 0.4) is 0 Å². The van der Waals surface area contributed by atoms with Gasteiger partial charge in [0.15, 0.2) is 6.61 Å². The van der Waals surface area contributed by atoms with Crippen LogP contribution >= 0.6 is 11.6 Å². The molecule has 0 aliphatic rings.